The predicted octanol–water partition coefficient (Wildman–Crippen LogP) is 1.89. The van der Waals surface area contributed by atoms with E-state index in [4.69, 9.17) is 6.42 Å². The van der Waals surface area contributed by atoms with Crippen LogP contribution in [0.2, 0.25) is 0 Å². The minimum atomic E-state index is -4.01. The van der Waals surface area contributed by atoms with Crippen LogP contribution in [0.25, 0.3) is 0 Å². The van der Waals surface area contributed by atoms with Gasteiger partial charge in [-0.1, -0.05) is 0 Å². The first-order chi connectivity index (χ1) is 8.69. The summed E-state index contributed by atoms with van der Waals surface area (Å²) in [5.74, 6) is -4.93. The van der Waals surface area contributed by atoms with Crippen molar-refractivity contribution in [1.82, 2.24) is 0 Å². The summed E-state index contributed by atoms with van der Waals surface area (Å²) in [5.41, 5.74) is -2.08. The maximum absolute atomic E-state index is 13.5. The Hall–Kier alpha value is -1.59. The molecule has 0 N–H and O–H groups in total. The summed E-state index contributed by atoms with van der Waals surface area (Å²) in [6, 6.07) is 0. The summed E-state index contributed by atoms with van der Waals surface area (Å²) in [6.45, 7) is -1.15. The highest BCUT2D eigenvalue weighted by Gasteiger charge is 2.25. The molecule has 0 saturated carbocycles. The Bertz CT molecular complexity index is 618. The topological polar surface area (TPSA) is 43.4 Å². The molecule has 104 valence electrons. The number of halogens is 4. The van der Waals surface area contributed by atoms with Crippen LogP contribution in [0.3, 0.4) is 0 Å². The highest BCUT2D eigenvalue weighted by molar-refractivity contribution is 7.85. The molecule has 0 spiro atoms. The molecule has 0 amide bonds. The molecule has 1 rings (SSSR count). The van der Waals surface area contributed by atoms with Gasteiger partial charge in [0.25, 0.3) is 10.1 Å². The van der Waals surface area contributed by atoms with E-state index in [2.05, 4.69) is 4.18 Å². The molecule has 8 heteroatoms. The summed E-state index contributed by atoms with van der Waals surface area (Å²) in [5, 5.41) is 0. The molecule has 0 fully saturated rings. The summed E-state index contributed by atoms with van der Waals surface area (Å²) in [6.07, 6.45) is 4.81. The third-order valence-electron chi connectivity index (χ3n) is 2.14. The standard InChI is InChI=1S/C11H8F4O3S/c1-3-4-6-8(12)10(14)7(11(15)9(6)13)5-18-19(2,16)17/h1H,4-5H2,2H3. The molecule has 0 saturated heterocycles. The van der Waals surface area contributed by atoms with E-state index >= 15 is 0 Å². The van der Waals surface area contributed by atoms with Crippen molar-refractivity contribution in [2.75, 3.05) is 6.26 Å². The average molecular weight is 296 g/mol. The number of hydrogen-bond acceptors (Lipinski definition) is 3. The highest BCUT2D eigenvalue weighted by atomic mass is 32.2. The van der Waals surface area contributed by atoms with E-state index in [0.29, 0.717) is 6.26 Å². The second-order valence-electron chi connectivity index (χ2n) is 3.56. The molecule has 3 nitrogen and oxygen atoms in total. The lowest BCUT2D eigenvalue weighted by Crippen LogP contribution is -2.11. The van der Waals surface area contributed by atoms with Crippen molar-refractivity contribution in [1.29, 1.82) is 0 Å². The zero-order valence-electron chi connectivity index (χ0n) is 9.64. The van der Waals surface area contributed by atoms with E-state index in [1.165, 1.54) is 0 Å². The number of benzene rings is 1. The monoisotopic (exact) mass is 296 g/mol. The van der Waals surface area contributed by atoms with Gasteiger partial charge in [0, 0.05) is 12.0 Å². The molecule has 19 heavy (non-hydrogen) atoms. The van der Waals surface area contributed by atoms with Crippen molar-refractivity contribution in [3.05, 3.63) is 34.4 Å². The molecule has 0 heterocycles. The molecule has 0 aliphatic heterocycles. The lowest BCUT2D eigenvalue weighted by atomic mass is 10.1. The van der Waals surface area contributed by atoms with Gasteiger partial charge in [-0.15, -0.1) is 12.3 Å². The quantitative estimate of drug-likeness (QED) is 0.369. The van der Waals surface area contributed by atoms with E-state index in [9.17, 15) is 26.0 Å². The maximum Gasteiger partial charge on any atom is 0.264 e. The summed E-state index contributed by atoms with van der Waals surface area (Å²) in [4.78, 5) is 0. The Morgan fingerprint density at radius 1 is 1.05 bits per heavy atom. The number of hydrogen-bond donors (Lipinski definition) is 0. The lowest BCUT2D eigenvalue weighted by molar-refractivity contribution is 0.291. The van der Waals surface area contributed by atoms with Crippen LogP contribution in [-0.4, -0.2) is 14.7 Å². The second-order valence-corrected chi connectivity index (χ2v) is 5.20. The van der Waals surface area contributed by atoms with Crippen molar-refractivity contribution < 1.29 is 30.2 Å². The predicted molar refractivity (Wildman–Crippen MR) is 58.4 cm³/mol. The first-order valence-corrected chi connectivity index (χ1v) is 6.62. The minimum Gasteiger partial charge on any atom is -0.265 e. The van der Waals surface area contributed by atoms with Gasteiger partial charge >= 0.3 is 0 Å². The van der Waals surface area contributed by atoms with E-state index in [1.54, 1.807) is 0 Å². The molecule has 1 aromatic carbocycles. The fourth-order valence-electron chi connectivity index (χ4n) is 1.27. The molecule has 0 aromatic heterocycles. The van der Waals surface area contributed by atoms with Crippen molar-refractivity contribution >= 4 is 10.1 Å². The first-order valence-electron chi connectivity index (χ1n) is 4.80. The van der Waals surface area contributed by atoms with Crippen LogP contribution in [-0.2, 0) is 27.3 Å². The summed E-state index contributed by atoms with van der Waals surface area (Å²) < 4.78 is 79.3. The Balaban J connectivity index is 3.32. The highest BCUT2D eigenvalue weighted by Crippen LogP contribution is 2.25. The van der Waals surface area contributed by atoms with Gasteiger partial charge in [0.05, 0.1) is 18.4 Å². The fraction of sp³-hybridized carbons (Fsp3) is 0.273. The fourth-order valence-corrected chi connectivity index (χ4v) is 1.60. The molecule has 0 unspecified atom stereocenters. The summed E-state index contributed by atoms with van der Waals surface area (Å²) >= 11 is 0. The molecule has 0 aliphatic carbocycles. The van der Waals surface area contributed by atoms with Crippen molar-refractivity contribution in [2.45, 2.75) is 13.0 Å². The van der Waals surface area contributed by atoms with Gasteiger partial charge in [0.2, 0.25) is 0 Å². The van der Waals surface area contributed by atoms with Crippen LogP contribution in [0.4, 0.5) is 17.6 Å². The van der Waals surface area contributed by atoms with Crippen molar-refractivity contribution in [3.8, 4) is 12.3 Å². The second kappa shape index (κ2) is 5.59. The van der Waals surface area contributed by atoms with Gasteiger partial charge in [-0.3, -0.25) is 4.18 Å². The zero-order chi connectivity index (χ0) is 14.8. The third kappa shape index (κ3) is 3.45. The summed E-state index contributed by atoms with van der Waals surface area (Å²) in [7, 11) is -4.01. The lowest BCUT2D eigenvalue weighted by Gasteiger charge is -2.10. The first kappa shape index (κ1) is 15.5. The third-order valence-corrected chi connectivity index (χ3v) is 2.69. The molecule has 0 atom stereocenters. The minimum absolute atomic E-state index is 0.627. The van der Waals surface area contributed by atoms with Crippen LogP contribution >= 0.6 is 0 Å². The normalized spacial score (nSPS) is 11.4. The maximum atomic E-state index is 13.5. The van der Waals surface area contributed by atoms with E-state index in [0.717, 1.165) is 0 Å². The largest absolute Gasteiger partial charge is 0.265 e. The van der Waals surface area contributed by atoms with E-state index in [1.807, 2.05) is 5.92 Å². The van der Waals surface area contributed by atoms with E-state index in [-0.39, 0.29) is 0 Å². The van der Waals surface area contributed by atoms with Gasteiger partial charge in [-0.05, 0) is 0 Å². The molecular weight excluding hydrogens is 288 g/mol. The molecular formula is C11H8F4O3S. The van der Waals surface area contributed by atoms with Crippen LogP contribution in [0.15, 0.2) is 0 Å². The SMILES string of the molecule is C#CCc1c(F)c(F)c(COS(C)(=O)=O)c(F)c1F. The van der Waals surface area contributed by atoms with Crippen LogP contribution in [0.5, 0.6) is 0 Å². The van der Waals surface area contributed by atoms with Crippen LogP contribution < -0.4 is 0 Å². The van der Waals surface area contributed by atoms with Crippen molar-refractivity contribution in [3.63, 3.8) is 0 Å². The average Bonchev–Trinajstić information content (AvgIpc) is 2.31. The molecule has 0 aliphatic rings. The Morgan fingerprint density at radius 2 is 1.47 bits per heavy atom. The molecule has 0 bridgehead atoms. The number of terminal acetylenes is 1. The van der Waals surface area contributed by atoms with Crippen molar-refractivity contribution in [2.24, 2.45) is 0 Å². The van der Waals surface area contributed by atoms with Gasteiger partial charge < -0.3 is 0 Å². The Labute approximate surface area is 107 Å². The Kier molecular flexibility index (Phi) is 4.55. The smallest absolute Gasteiger partial charge is 0.264 e. The van der Waals surface area contributed by atoms with E-state index < -0.39 is 57.5 Å². The van der Waals surface area contributed by atoms with Crippen LogP contribution in [0, 0.1) is 35.6 Å². The number of rotatable bonds is 4. The molecule has 1 aromatic rings. The van der Waals surface area contributed by atoms with Gasteiger partial charge in [-0.2, -0.15) is 8.42 Å². The van der Waals surface area contributed by atoms with Gasteiger partial charge in [0.15, 0.2) is 23.3 Å². The molecule has 0 radical (unpaired) electrons. The Morgan fingerprint density at radius 3 is 1.84 bits per heavy atom. The zero-order valence-corrected chi connectivity index (χ0v) is 10.5. The van der Waals surface area contributed by atoms with Crippen LogP contribution in [0.1, 0.15) is 11.1 Å². The van der Waals surface area contributed by atoms with Gasteiger partial charge in [0.1, 0.15) is 0 Å². The van der Waals surface area contributed by atoms with Gasteiger partial charge in [-0.25, -0.2) is 17.6 Å².